The number of halogens is 1. The maximum absolute atomic E-state index is 3.83. The van der Waals surface area contributed by atoms with Crippen molar-refractivity contribution in [3.63, 3.8) is 0 Å². The lowest BCUT2D eigenvalue weighted by molar-refractivity contribution is 1.14. The van der Waals surface area contributed by atoms with Gasteiger partial charge >= 0.3 is 0 Å². The van der Waals surface area contributed by atoms with Crippen molar-refractivity contribution >= 4 is 15.9 Å². The van der Waals surface area contributed by atoms with Crippen LogP contribution in [0.5, 0.6) is 0 Å². The zero-order valence-corrected chi connectivity index (χ0v) is 13.5. The Morgan fingerprint density at radius 2 is 1.24 bits per heavy atom. The van der Waals surface area contributed by atoms with Crippen LogP contribution in [0.1, 0.15) is 21.5 Å². The van der Waals surface area contributed by atoms with Crippen LogP contribution in [0.2, 0.25) is 0 Å². The summed E-state index contributed by atoms with van der Waals surface area (Å²) in [5.41, 5.74) is 6.43. The molecule has 21 heavy (non-hydrogen) atoms. The third kappa shape index (κ3) is 3.08. The molecular weight excluding hydrogens is 320 g/mol. The molecular formula is C20H17Br. The Bertz CT molecular complexity index is 714. The molecule has 0 fully saturated rings. The van der Waals surface area contributed by atoms with Crippen LogP contribution in [0.15, 0.2) is 78.9 Å². The Hall–Kier alpha value is -1.86. The van der Waals surface area contributed by atoms with E-state index in [2.05, 4.69) is 95.7 Å². The average molecular weight is 337 g/mol. The summed E-state index contributed by atoms with van der Waals surface area (Å²) in [7, 11) is 0. The minimum Gasteiger partial charge on any atom is -0.0786 e. The molecule has 104 valence electrons. The van der Waals surface area contributed by atoms with Gasteiger partial charge in [0.05, 0.1) is 4.83 Å². The van der Waals surface area contributed by atoms with E-state index < -0.39 is 0 Å². The Labute approximate surface area is 134 Å². The topological polar surface area (TPSA) is 0 Å². The summed E-state index contributed by atoms with van der Waals surface area (Å²) < 4.78 is 0. The van der Waals surface area contributed by atoms with Gasteiger partial charge in [-0.3, -0.25) is 0 Å². The number of alkyl halides is 1. The Morgan fingerprint density at radius 3 is 1.90 bits per heavy atom. The van der Waals surface area contributed by atoms with E-state index in [9.17, 15) is 0 Å². The molecule has 0 aliphatic rings. The number of rotatable bonds is 3. The normalized spacial score (nSPS) is 12.1. The smallest absolute Gasteiger partial charge is 0.0647 e. The summed E-state index contributed by atoms with van der Waals surface area (Å²) in [6, 6.07) is 27.8. The molecule has 0 aliphatic heterocycles. The minimum absolute atomic E-state index is 0.239. The third-order valence-electron chi connectivity index (χ3n) is 3.77. The molecule has 0 heterocycles. The zero-order valence-electron chi connectivity index (χ0n) is 12.0. The monoisotopic (exact) mass is 336 g/mol. The first-order valence-corrected chi connectivity index (χ1v) is 8.02. The van der Waals surface area contributed by atoms with Crippen LogP contribution in [-0.2, 0) is 0 Å². The van der Waals surface area contributed by atoms with Gasteiger partial charge in [-0.15, -0.1) is 0 Å². The molecule has 1 unspecified atom stereocenters. The molecule has 0 nitrogen and oxygen atoms in total. The molecule has 0 bridgehead atoms. The number of hydrogen-bond donors (Lipinski definition) is 0. The first kappa shape index (κ1) is 14.1. The molecule has 0 N–H and O–H groups in total. The maximum atomic E-state index is 3.83. The van der Waals surface area contributed by atoms with E-state index in [-0.39, 0.29) is 4.83 Å². The highest BCUT2D eigenvalue weighted by Gasteiger charge is 2.12. The Kier molecular flexibility index (Phi) is 4.21. The molecule has 1 heteroatoms. The van der Waals surface area contributed by atoms with Gasteiger partial charge in [-0.05, 0) is 34.7 Å². The summed E-state index contributed by atoms with van der Waals surface area (Å²) in [5.74, 6) is 0. The summed E-state index contributed by atoms with van der Waals surface area (Å²) in [6.07, 6.45) is 0. The van der Waals surface area contributed by atoms with Crippen molar-refractivity contribution in [2.45, 2.75) is 11.8 Å². The lowest BCUT2D eigenvalue weighted by atomic mass is 9.98. The van der Waals surface area contributed by atoms with Crippen LogP contribution >= 0.6 is 15.9 Å². The predicted octanol–water partition coefficient (Wildman–Crippen LogP) is 6.15. The number of benzene rings is 3. The molecule has 0 radical (unpaired) electrons. The van der Waals surface area contributed by atoms with Crippen molar-refractivity contribution in [1.82, 2.24) is 0 Å². The number of aryl methyl sites for hydroxylation is 1. The fourth-order valence-electron chi connectivity index (χ4n) is 2.53. The predicted molar refractivity (Wildman–Crippen MR) is 93.8 cm³/mol. The van der Waals surface area contributed by atoms with E-state index in [1.165, 1.54) is 27.8 Å². The van der Waals surface area contributed by atoms with Gasteiger partial charge in [0.15, 0.2) is 0 Å². The van der Waals surface area contributed by atoms with Gasteiger partial charge in [0, 0.05) is 0 Å². The standard InChI is InChI=1S/C20H17Br/c1-15-7-5-6-10-19(15)20(21)18-13-11-17(12-14-18)16-8-3-2-4-9-16/h2-14,20H,1H3. The van der Waals surface area contributed by atoms with Crippen LogP contribution in [0.4, 0.5) is 0 Å². The molecule has 0 amide bonds. The van der Waals surface area contributed by atoms with E-state index in [4.69, 9.17) is 0 Å². The minimum atomic E-state index is 0.239. The SMILES string of the molecule is Cc1ccccc1C(Br)c1ccc(-c2ccccc2)cc1. The van der Waals surface area contributed by atoms with Crippen LogP contribution in [-0.4, -0.2) is 0 Å². The van der Waals surface area contributed by atoms with Gasteiger partial charge in [-0.25, -0.2) is 0 Å². The lowest BCUT2D eigenvalue weighted by Gasteiger charge is -2.14. The van der Waals surface area contributed by atoms with E-state index >= 15 is 0 Å². The fraction of sp³-hybridized carbons (Fsp3) is 0.100. The molecule has 0 saturated heterocycles. The Morgan fingerprint density at radius 1 is 0.667 bits per heavy atom. The molecule has 3 aromatic rings. The van der Waals surface area contributed by atoms with Gasteiger partial charge in [0.25, 0.3) is 0 Å². The fourth-order valence-corrected chi connectivity index (χ4v) is 3.34. The lowest BCUT2D eigenvalue weighted by Crippen LogP contribution is -1.95. The highest BCUT2D eigenvalue weighted by molar-refractivity contribution is 9.09. The van der Waals surface area contributed by atoms with Crippen molar-refractivity contribution in [2.24, 2.45) is 0 Å². The maximum Gasteiger partial charge on any atom is 0.0647 e. The molecule has 3 aromatic carbocycles. The number of hydrogen-bond acceptors (Lipinski definition) is 0. The van der Waals surface area contributed by atoms with Crippen LogP contribution in [0.25, 0.3) is 11.1 Å². The zero-order chi connectivity index (χ0) is 14.7. The van der Waals surface area contributed by atoms with E-state index in [0.717, 1.165) is 0 Å². The second-order valence-corrected chi connectivity index (χ2v) is 6.12. The summed E-state index contributed by atoms with van der Waals surface area (Å²) in [5, 5.41) is 0. The van der Waals surface area contributed by atoms with E-state index in [1.807, 2.05) is 6.07 Å². The molecule has 1 atom stereocenters. The van der Waals surface area contributed by atoms with Crippen molar-refractivity contribution < 1.29 is 0 Å². The van der Waals surface area contributed by atoms with Gasteiger partial charge in [-0.2, -0.15) is 0 Å². The quantitative estimate of drug-likeness (QED) is 0.503. The van der Waals surface area contributed by atoms with E-state index in [1.54, 1.807) is 0 Å². The highest BCUT2D eigenvalue weighted by atomic mass is 79.9. The van der Waals surface area contributed by atoms with Gasteiger partial charge < -0.3 is 0 Å². The van der Waals surface area contributed by atoms with Gasteiger partial charge in [0.1, 0.15) is 0 Å². The Balaban J connectivity index is 1.89. The summed E-state index contributed by atoms with van der Waals surface area (Å²) >= 11 is 3.83. The first-order valence-electron chi connectivity index (χ1n) is 7.10. The van der Waals surface area contributed by atoms with Crippen molar-refractivity contribution in [1.29, 1.82) is 0 Å². The van der Waals surface area contributed by atoms with Crippen molar-refractivity contribution in [3.8, 4) is 11.1 Å². The van der Waals surface area contributed by atoms with E-state index in [0.29, 0.717) is 0 Å². The molecule has 3 rings (SSSR count). The second-order valence-electron chi connectivity index (χ2n) is 5.21. The van der Waals surface area contributed by atoms with Crippen molar-refractivity contribution in [3.05, 3.63) is 95.6 Å². The molecule has 0 spiro atoms. The van der Waals surface area contributed by atoms with Crippen molar-refractivity contribution in [2.75, 3.05) is 0 Å². The van der Waals surface area contributed by atoms with Crippen LogP contribution in [0, 0.1) is 6.92 Å². The van der Waals surface area contributed by atoms with Crippen LogP contribution < -0.4 is 0 Å². The summed E-state index contributed by atoms with van der Waals surface area (Å²) in [6.45, 7) is 2.15. The molecule has 0 saturated carbocycles. The highest BCUT2D eigenvalue weighted by Crippen LogP contribution is 2.33. The molecule has 0 aliphatic carbocycles. The molecule has 0 aromatic heterocycles. The van der Waals surface area contributed by atoms with Gasteiger partial charge in [0.2, 0.25) is 0 Å². The average Bonchev–Trinajstić information content (AvgIpc) is 2.56. The van der Waals surface area contributed by atoms with Crippen LogP contribution in [0.3, 0.4) is 0 Å². The third-order valence-corrected chi connectivity index (χ3v) is 4.79. The largest absolute Gasteiger partial charge is 0.0786 e. The summed E-state index contributed by atoms with van der Waals surface area (Å²) in [4.78, 5) is 0.239. The first-order chi connectivity index (χ1) is 10.3. The van der Waals surface area contributed by atoms with Gasteiger partial charge in [-0.1, -0.05) is 94.8 Å². The second kappa shape index (κ2) is 6.28.